The average molecular weight is 293 g/mol. The predicted octanol–water partition coefficient (Wildman–Crippen LogP) is 0.599. The zero-order chi connectivity index (χ0) is 15.5. The fourth-order valence-electron chi connectivity index (χ4n) is 1.79. The highest BCUT2D eigenvalue weighted by molar-refractivity contribution is 6.24. The maximum absolute atomic E-state index is 11.7. The van der Waals surface area contributed by atoms with E-state index in [1.165, 1.54) is 21.8 Å². The van der Waals surface area contributed by atoms with E-state index in [0.29, 0.717) is 13.0 Å². The number of carbonyl (C=O) groups is 1. The molecule has 0 saturated carbocycles. The van der Waals surface area contributed by atoms with Crippen molar-refractivity contribution < 1.29 is 18.9 Å². The van der Waals surface area contributed by atoms with Crippen LogP contribution in [0.4, 0.5) is 5.69 Å². The van der Waals surface area contributed by atoms with Gasteiger partial charge in [-0.15, -0.1) is 0 Å². The lowest BCUT2D eigenvalue weighted by Crippen LogP contribution is -2.42. The molecule has 1 radical (unpaired) electrons. The van der Waals surface area contributed by atoms with Gasteiger partial charge in [-0.25, -0.2) is 0 Å². The van der Waals surface area contributed by atoms with Crippen LogP contribution in [0.5, 0.6) is 0 Å². The molecular weight excluding hydrogens is 271 g/mol. The van der Waals surface area contributed by atoms with Crippen LogP contribution in [-0.4, -0.2) is 54.1 Å². The van der Waals surface area contributed by atoms with Crippen molar-refractivity contribution in [3.05, 3.63) is 29.8 Å². The molecule has 1 rings (SSSR count). The van der Waals surface area contributed by atoms with Gasteiger partial charge < -0.3 is 24.7 Å². The zero-order valence-electron chi connectivity index (χ0n) is 12.7. The molecule has 2 N–H and O–H groups in total. The fourth-order valence-corrected chi connectivity index (χ4v) is 1.79. The smallest absolute Gasteiger partial charge is 0.396 e. The SMILES string of the molecule is CO[B]NC(Cc1ccc(NCCOC)cc1)C(=O)OC. The summed E-state index contributed by atoms with van der Waals surface area (Å²) in [5.74, 6) is -0.328. The molecule has 1 unspecified atom stereocenters. The molecule has 0 aromatic heterocycles. The summed E-state index contributed by atoms with van der Waals surface area (Å²) in [6.07, 6.45) is 0.519. The largest absolute Gasteiger partial charge is 0.468 e. The molecule has 0 bridgehead atoms. The Kier molecular flexibility index (Phi) is 8.50. The molecule has 7 heteroatoms. The Morgan fingerprint density at radius 3 is 2.52 bits per heavy atom. The summed E-state index contributed by atoms with van der Waals surface area (Å²) in [4.78, 5) is 11.7. The topological polar surface area (TPSA) is 68.8 Å². The van der Waals surface area contributed by atoms with Crippen molar-refractivity contribution in [2.45, 2.75) is 12.5 Å². The zero-order valence-corrected chi connectivity index (χ0v) is 12.7. The predicted molar refractivity (Wildman–Crippen MR) is 82.2 cm³/mol. The first-order valence-corrected chi connectivity index (χ1v) is 6.71. The number of hydrogen-bond donors (Lipinski definition) is 2. The van der Waals surface area contributed by atoms with Crippen molar-refractivity contribution in [2.75, 3.05) is 39.8 Å². The van der Waals surface area contributed by atoms with Crippen molar-refractivity contribution in [3.63, 3.8) is 0 Å². The molecule has 0 spiro atoms. The monoisotopic (exact) mass is 293 g/mol. The number of carbonyl (C=O) groups excluding carboxylic acids is 1. The van der Waals surface area contributed by atoms with Gasteiger partial charge in [0.15, 0.2) is 0 Å². The molecule has 0 heterocycles. The number of hydrogen-bond acceptors (Lipinski definition) is 6. The standard InChI is InChI=1S/C14H22BN2O4/c1-19-9-8-16-12-6-4-11(5-7-12)10-13(14(18)20-2)17-15-21-3/h4-7,13,16-17H,8-10H2,1-3H3. The van der Waals surface area contributed by atoms with Crippen molar-refractivity contribution in [1.82, 2.24) is 5.23 Å². The summed E-state index contributed by atoms with van der Waals surface area (Å²) < 4.78 is 14.6. The van der Waals surface area contributed by atoms with Crippen LogP contribution in [0.25, 0.3) is 0 Å². The minimum atomic E-state index is -0.470. The Bertz CT molecular complexity index is 414. The van der Waals surface area contributed by atoms with Gasteiger partial charge in [-0.1, -0.05) is 12.1 Å². The van der Waals surface area contributed by atoms with E-state index in [2.05, 4.69) is 10.5 Å². The molecule has 0 amide bonds. The lowest BCUT2D eigenvalue weighted by Gasteiger charge is -2.15. The normalized spacial score (nSPS) is 11.8. The summed E-state index contributed by atoms with van der Waals surface area (Å²) >= 11 is 0. The van der Waals surface area contributed by atoms with Crippen LogP contribution in [0.2, 0.25) is 0 Å². The minimum absolute atomic E-state index is 0.328. The van der Waals surface area contributed by atoms with Crippen molar-refractivity contribution in [3.8, 4) is 0 Å². The van der Waals surface area contributed by atoms with E-state index < -0.39 is 6.04 Å². The van der Waals surface area contributed by atoms with Crippen molar-refractivity contribution in [1.29, 1.82) is 0 Å². The van der Waals surface area contributed by atoms with Crippen LogP contribution < -0.4 is 10.5 Å². The molecule has 0 saturated heterocycles. The lowest BCUT2D eigenvalue weighted by atomic mass is 10.0. The highest BCUT2D eigenvalue weighted by atomic mass is 16.5. The van der Waals surface area contributed by atoms with Crippen LogP contribution in [0, 0.1) is 0 Å². The van der Waals surface area contributed by atoms with E-state index in [0.717, 1.165) is 17.8 Å². The van der Waals surface area contributed by atoms with E-state index >= 15 is 0 Å². The molecule has 0 aliphatic carbocycles. The second kappa shape index (κ2) is 10.2. The molecule has 0 aliphatic rings. The van der Waals surface area contributed by atoms with Crippen LogP contribution in [0.15, 0.2) is 24.3 Å². The maximum atomic E-state index is 11.7. The third kappa shape index (κ3) is 6.62. The molecule has 21 heavy (non-hydrogen) atoms. The number of anilines is 1. The molecule has 0 aliphatic heterocycles. The van der Waals surface area contributed by atoms with Crippen LogP contribution in [0.1, 0.15) is 5.56 Å². The number of esters is 1. The molecule has 1 atom stereocenters. The molecule has 1 aromatic carbocycles. The third-order valence-corrected chi connectivity index (χ3v) is 2.90. The summed E-state index contributed by atoms with van der Waals surface area (Å²) in [6, 6.07) is 7.42. The Labute approximate surface area is 126 Å². The van der Waals surface area contributed by atoms with Crippen molar-refractivity contribution >= 4 is 19.3 Å². The summed E-state index contributed by atoms with van der Waals surface area (Å²) in [6.45, 7) is 1.41. The van der Waals surface area contributed by atoms with Crippen LogP contribution in [-0.2, 0) is 25.3 Å². The Morgan fingerprint density at radius 2 is 1.95 bits per heavy atom. The van der Waals surface area contributed by atoms with Gasteiger partial charge in [-0.2, -0.15) is 0 Å². The lowest BCUT2D eigenvalue weighted by molar-refractivity contribution is -0.142. The third-order valence-electron chi connectivity index (χ3n) is 2.90. The molecular formula is C14H22BN2O4. The first-order valence-electron chi connectivity index (χ1n) is 6.71. The van der Waals surface area contributed by atoms with Gasteiger partial charge in [-0.05, 0) is 24.1 Å². The number of rotatable bonds is 10. The highest BCUT2D eigenvalue weighted by Gasteiger charge is 2.19. The average Bonchev–Trinajstić information content (AvgIpc) is 2.52. The second-order valence-corrected chi connectivity index (χ2v) is 4.42. The van der Waals surface area contributed by atoms with E-state index in [9.17, 15) is 4.79 Å². The summed E-state index contributed by atoms with van der Waals surface area (Å²) in [5, 5.41) is 6.11. The maximum Gasteiger partial charge on any atom is 0.396 e. The van der Waals surface area contributed by atoms with Gasteiger partial charge in [0.2, 0.25) is 0 Å². The van der Waals surface area contributed by atoms with Crippen LogP contribution >= 0.6 is 0 Å². The highest BCUT2D eigenvalue weighted by Crippen LogP contribution is 2.11. The van der Waals surface area contributed by atoms with Gasteiger partial charge >= 0.3 is 13.6 Å². The summed E-state index contributed by atoms with van der Waals surface area (Å²) in [5.41, 5.74) is 2.04. The van der Waals surface area contributed by atoms with Gasteiger partial charge in [0.05, 0.1) is 13.7 Å². The Morgan fingerprint density at radius 1 is 1.24 bits per heavy atom. The molecule has 1 aromatic rings. The van der Waals surface area contributed by atoms with E-state index in [-0.39, 0.29) is 5.97 Å². The summed E-state index contributed by atoms with van der Waals surface area (Å²) in [7, 11) is 5.93. The Balaban J connectivity index is 2.56. The number of ether oxygens (including phenoxy) is 2. The molecule has 6 nitrogen and oxygen atoms in total. The number of nitrogens with one attached hydrogen (secondary N) is 2. The Hall–Kier alpha value is -1.57. The van der Waals surface area contributed by atoms with E-state index in [1.54, 1.807) is 7.11 Å². The number of methoxy groups -OCH3 is 2. The van der Waals surface area contributed by atoms with Gasteiger partial charge in [-0.3, -0.25) is 4.79 Å². The van der Waals surface area contributed by atoms with Gasteiger partial charge in [0.25, 0.3) is 0 Å². The molecule has 115 valence electrons. The van der Waals surface area contributed by atoms with Crippen LogP contribution in [0.3, 0.4) is 0 Å². The molecule has 0 fully saturated rings. The van der Waals surface area contributed by atoms with Gasteiger partial charge in [0.1, 0.15) is 6.04 Å². The van der Waals surface area contributed by atoms with Gasteiger partial charge in [0, 0.05) is 26.5 Å². The minimum Gasteiger partial charge on any atom is -0.468 e. The first kappa shape index (κ1) is 17.5. The van der Waals surface area contributed by atoms with E-state index in [4.69, 9.17) is 14.1 Å². The van der Waals surface area contributed by atoms with Crippen molar-refractivity contribution in [2.24, 2.45) is 0 Å². The quantitative estimate of drug-likeness (QED) is 0.374. The fraction of sp³-hybridized carbons (Fsp3) is 0.500. The van der Waals surface area contributed by atoms with E-state index in [1.807, 2.05) is 24.3 Å². The first-order chi connectivity index (χ1) is 10.2. The number of benzene rings is 1. The second-order valence-electron chi connectivity index (χ2n) is 4.42.